The molecule has 13 nitrogen and oxygen atoms in total. The minimum absolute atomic E-state index is 0.00919. The summed E-state index contributed by atoms with van der Waals surface area (Å²) < 4.78 is 9.54. The molecule has 37 heavy (non-hydrogen) atoms. The van der Waals surface area contributed by atoms with Gasteiger partial charge in [0.15, 0.2) is 0 Å². The molecule has 0 heterocycles. The number of carboxylic acid groups (broad SMARTS) is 2. The van der Waals surface area contributed by atoms with Gasteiger partial charge in [0.05, 0.1) is 26.2 Å². The smallest absolute Gasteiger partial charge is 0.327 e. The van der Waals surface area contributed by atoms with E-state index in [4.69, 9.17) is 14.6 Å². The maximum absolute atomic E-state index is 12.1. The van der Waals surface area contributed by atoms with Crippen LogP contribution in [-0.2, 0) is 38.2 Å². The zero-order chi connectivity index (χ0) is 28.5. The van der Waals surface area contributed by atoms with E-state index in [1.165, 1.54) is 9.80 Å². The van der Waals surface area contributed by atoms with E-state index >= 15 is 0 Å². The molecule has 0 aliphatic carbocycles. The Labute approximate surface area is 217 Å². The molecule has 0 aliphatic heterocycles. The van der Waals surface area contributed by atoms with Crippen LogP contribution in [0.1, 0.15) is 47.5 Å². The van der Waals surface area contributed by atoms with Crippen molar-refractivity contribution in [3.63, 3.8) is 0 Å². The van der Waals surface area contributed by atoms with Crippen LogP contribution in [0.4, 0.5) is 0 Å². The largest absolute Gasteiger partial charge is 0.480 e. The Kier molecular flexibility index (Phi) is 16.9. The lowest BCUT2D eigenvalue weighted by molar-refractivity contribution is -0.162. The van der Waals surface area contributed by atoms with Crippen LogP contribution in [0.3, 0.4) is 0 Å². The Morgan fingerprint density at radius 2 is 0.919 bits per heavy atom. The number of hydrogen-bond acceptors (Lipinski definition) is 11. The maximum Gasteiger partial charge on any atom is 0.327 e. The summed E-state index contributed by atoms with van der Waals surface area (Å²) in [7, 11) is 0. The van der Waals surface area contributed by atoms with Crippen LogP contribution in [0, 0.1) is 11.8 Å². The molecule has 2 N–H and O–H groups in total. The van der Waals surface area contributed by atoms with Gasteiger partial charge in [-0.3, -0.25) is 43.5 Å². The van der Waals surface area contributed by atoms with Crippen molar-refractivity contribution in [2.75, 3.05) is 58.9 Å². The molecule has 0 radical (unpaired) electrons. The van der Waals surface area contributed by atoms with Gasteiger partial charge in [-0.25, -0.2) is 0 Å². The second kappa shape index (κ2) is 18.4. The first kappa shape index (κ1) is 34.1. The van der Waals surface area contributed by atoms with Crippen LogP contribution < -0.4 is 0 Å². The van der Waals surface area contributed by atoms with Crippen molar-refractivity contribution in [3.05, 3.63) is 0 Å². The molecule has 0 unspecified atom stereocenters. The summed E-state index contributed by atoms with van der Waals surface area (Å²) in [6, 6.07) is 0. The molecular formula is C24H41N3O10. The Balaban J connectivity index is 4.98. The molecule has 0 aromatic heterocycles. The Bertz CT molecular complexity index is 785. The number of esters is 4. The highest BCUT2D eigenvalue weighted by molar-refractivity contribution is 5.87. The first-order valence-electron chi connectivity index (χ1n) is 12.3. The predicted octanol–water partition coefficient (Wildman–Crippen LogP) is 0.313. The van der Waals surface area contributed by atoms with Crippen LogP contribution in [0.2, 0.25) is 0 Å². The van der Waals surface area contributed by atoms with Gasteiger partial charge in [-0.2, -0.15) is 0 Å². The minimum Gasteiger partial charge on any atom is -0.480 e. The number of ether oxygens (including phenoxy) is 2. The van der Waals surface area contributed by atoms with Gasteiger partial charge >= 0.3 is 35.8 Å². The fourth-order valence-electron chi connectivity index (χ4n) is 3.21. The lowest BCUT2D eigenvalue weighted by Gasteiger charge is -2.27. The van der Waals surface area contributed by atoms with E-state index < -0.39 is 48.9 Å². The monoisotopic (exact) mass is 531 g/mol. The molecule has 0 amide bonds. The number of likely N-dealkylation sites (N-methyl/N-ethyl adjacent to an activating group) is 1. The van der Waals surface area contributed by atoms with Gasteiger partial charge in [-0.1, -0.05) is 34.6 Å². The zero-order valence-electron chi connectivity index (χ0n) is 22.4. The van der Waals surface area contributed by atoms with E-state index in [1.807, 2.05) is 13.8 Å². The number of carbonyl (C=O) groups is 6. The van der Waals surface area contributed by atoms with Gasteiger partial charge in [0.1, 0.15) is 0 Å². The molecule has 212 valence electrons. The first-order valence-corrected chi connectivity index (χ1v) is 12.3. The van der Waals surface area contributed by atoms with Crippen molar-refractivity contribution >= 4 is 35.8 Å². The van der Waals surface area contributed by atoms with E-state index in [-0.39, 0.29) is 63.9 Å². The molecule has 0 fully saturated rings. The van der Waals surface area contributed by atoms with Gasteiger partial charge in [0.2, 0.25) is 0 Å². The van der Waals surface area contributed by atoms with E-state index in [1.54, 1.807) is 25.7 Å². The van der Waals surface area contributed by atoms with Crippen molar-refractivity contribution in [1.29, 1.82) is 0 Å². The first-order chi connectivity index (χ1) is 17.2. The molecule has 0 aliphatic rings. The van der Waals surface area contributed by atoms with Gasteiger partial charge in [0, 0.05) is 39.0 Å². The molecule has 0 saturated heterocycles. The van der Waals surface area contributed by atoms with E-state index in [0.29, 0.717) is 6.54 Å². The number of nitrogens with zero attached hydrogens (tertiary/aromatic N) is 3. The lowest BCUT2D eigenvalue weighted by Crippen LogP contribution is -2.45. The number of carbonyl (C=O) groups excluding carboxylic acids is 4. The predicted molar refractivity (Wildman–Crippen MR) is 131 cm³/mol. The third-order valence-corrected chi connectivity index (χ3v) is 4.94. The second-order valence-electron chi connectivity index (χ2n) is 9.53. The molecule has 0 atom stereocenters. The highest BCUT2D eigenvalue weighted by Crippen LogP contribution is 2.04. The minimum atomic E-state index is -1.20. The summed E-state index contributed by atoms with van der Waals surface area (Å²) in [5.74, 6) is -5.16. The van der Waals surface area contributed by atoms with Crippen molar-refractivity contribution in [2.24, 2.45) is 11.8 Å². The number of aliphatic carboxylic acids is 2. The van der Waals surface area contributed by atoms with Gasteiger partial charge in [-0.05, 0) is 18.4 Å². The lowest BCUT2D eigenvalue weighted by atomic mass is 10.1. The summed E-state index contributed by atoms with van der Waals surface area (Å²) >= 11 is 0. The highest BCUT2D eigenvalue weighted by Gasteiger charge is 2.21. The quantitative estimate of drug-likeness (QED) is 0.172. The van der Waals surface area contributed by atoms with Crippen molar-refractivity contribution in [3.8, 4) is 0 Å². The molecule has 0 aromatic carbocycles. The third-order valence-electron chi connectivity index (χ3n) is 4.94. The fourth-order valence-corrected chi connectivity index (χ4v) is 3.21. The van der Waals surface area contributed by atoms with Crippen LogP contribution in [-0.4, -0.2) is 120 Å². The SMILES string of the molecule is CCN(CCN(CCN(CC(=O)O)CC(=O)OC(=O)CC(C)C)CC(=O)O)CC(=O)OC(=O)CC(C)C. The van der Waals surface area contributed by atoms with Crippen molar-refractivity contribution in [2.45, 2.75) is 47.5 Å². The number of hydrogen-bond donors (Lipinski definition) is 2. The van der Waals surface area contributed by atoms with Gasteiger partial charge in [0.25, 0.3) is 0 Å². The maximum atomic E-state index is 12.1. The normalized spacial score (nSPS) is 11.4. The van der Waals surface area contributed by atoms with Crippen LogP contribution in [0.5, 0.6) is 0 Å². The van der Waals surface area contributed by atoms with Crippen LogP contribution in [0.25, 0.3) is 0 Å². The van der Waals surface area contributed by atoms with Crippen LogP contribution >= 0.6 is 0 Å². The van der Waals surface area contributed by atoms with Crippen molar-refractivity contribution in [1.82, 2.24) is 14.7 Å². The van der Waals surface area contributed by atoms with E-state index in [2.05, 4.69) is 0 Å². The Morgan fingerprint density at radius 3 is 1.30 bits per heavy atom. The third kappa shape index (κ3) is 19.0. The summed E-state index contributed by atoms with van der Waals surface area (Å²) in [5.41, 5.74) is 0. The van der Waals surface area contributed by atoms with E-state index in [9.17, 15) is 33.9 Å². The Hall–Kier alpha value is -2.90. The van der Waals surface area contributed by atoms with Gasteiger partial charge in [-0.15, -0.1) is 0 Å². The summed E-state index contributed by atoms with van der Waals surface area (Å²) in [4.78, 5) is 74.6. The molecule has 0 rings (SSSR count). The van der Waals surface area contributed by atoms with Crippen LogP contribution in [0.15, 0.2) is 0 Å². The highest BCUT2D eigenvalue weighted by atomic mass is 16.6. The summed E-state index contributed by atoms with van der Waals surface area (Å²) in [5, 5.41) is 18.4. The van der Waals surface area contributed by atoms with Crippen molar-refractivity contribution < 1.29 is 48.5 Å². The fraction of sp³-hybridized carbons (Fsp3) is 0.750. The van der Waals surface area contributed by atoms with E-state index in [0.717, 1.165) is 0 Å². The standard InChI is InChI=1S/C24H41N3O10/c1-6-25(15-23(34)36-21(32)11-17(2)3)7-8-26(13-19(28)29)9-10-27(14-20(30)31)16-24(35)37-22(33)12-18(4)5/h17-18H,6-16H2,1-5H3,(H,28,29)(H,30,31). The number of carboxylic acids is 2. The molecule has 0 aromatic rings. The zero-order valence-corrected chi connectivity index (χ0v) is 22.4. The summed E-state index contributed by atoms with van der Waals surface area (Å²) in [6.45, 7) is 8.61. The second-order valence-corrected chi connectivity index (χ2v) is 9.53. The topological polar surface area (TPSA) is 171 Å². The summed E-state index contributed by atoms with van der Waals surface area (Å²) in [6.07, 6.45) is 0.168. The molecule has 13 heteroatoms. The molecule has 0 bridgehead atoms. The van der Waals surface area contributed by atoms with Gasteiger partial charge < -0.3 is 19.7 Å². The average Bonchev–Trinajstić information content (AvgIpc) is 2.71. The molecular weight excluding hydrogens is 490 g/mol. The molecule has 0 saturated carbocycles. The number of rotatable bonds is 19. The average molecular weight is 532 g/mol. The molecule has 0 spiro atoms. The Morgan fingerprint density at radius 1 is 0.568 bits per heavy atom.